The Kier molecular flexibility index (Phi) is 6.01. The average Bonchev–Trinajstić information content (AvgIpc) is 3.04. The van der Waals surface area contributed by atoms with Crippen molar-refractivity contribution in [2.45, 2.75) is 20.4 Å². The van der Waals surface area contributed by atoms with E-state index in [1.54, 1.807) is 16.9 Å². The summed E-state index contributed by atoms with van der Waals surface area (Å²) >= 11 is 3.51. The zero-order valence-corrected chi connectivity index (χ0v) is 16.4. The van der Waals surface area contributed by atoms with Crippen LogP contribution in [-0.2, 0) is 6.54 Å². The van der Waals surface area contributed by atoms with Crippen LogP contribution in [0.15, 0.2) is 65.1 Å². The van der Waals surface area contributed by atoms with Crippen LogP contribution in [0.5, 0.6) is 0 Å². The predicted octanol–water partition coefficient (Wildman–Crippen LogP) is 4.43. The zero-order chi connectivity index (χ0) is 18.4. The molecule has 3 aromatic rings. The average molecular weight is 413 g/mol. The van der Waals surface area contributed by atoms with Gasteiger partial charge < -0.3 is 10.6 Å². The molecule has 0 bridgehead atoms. The molecule has 3 aromatic heterocycles. The second-order valence-electron chi connectivity index (χ2n) is 5.86. The molecule has 0 unspecified atom stereocenters. The van der Waals surface area contributed by atoms with Gasteiger partial charge in [0.15, 0.2) is 5.65 Å². The zero-order valence-electron chi connectivity index (χ0n) is 14.8. The van der Waals surface area contributed by atoms with Gasteiger partial charge in [0, 0.05) is 31.5 Å². The fourth-order valence-electron chi connectivity index (χ4n) is 2.40. The molecule has 0 saturated carbocycles. The van der Waals surface area contributed by atoms with Crippen LogP contribution in [0.3, 0.4) is 0 Å². The third-order valence-electron chi connectivity index (χ3n) is 3.75. The molecule has 0 radical (unpaired) electrons. The number of rotatable bonds is 7. The van der Waals surface area contributed by atoms with Crippen molar-refractivity contribution < 1.29 is 0 Å². The summed E-state index contributed by atoms with van der Waals surface area (Å²) < 4.78 is 2.64. The molecule has 0 amide bonds. The van der Waals surface area contributed by atoms with E-state index in [0.29, 0.717) is 6.54 Å². The van der Waals surface area contributed by atoms with E-state index in [1.165, 1.54) is 5.57 Å². The van der Waals surface area contributed by atoms with Crippen LogP contribution in [0.2, 0.25) is 0 Å². The lowest BCUT2D eigenvalue weighted by Gasteiger charge is -2.12. The number of fused-ring (bicyclic) bond motifs is 1. The van der Waals surface area contributed by atoms with E-state index in [0.717, 1.165) is 33.9 Å². The first kappa shape index (κ1) is 18.1. The van der Waals surface area contributed by atoms with Gasteiger partial charge in [0.05, 0.1) is 10.7 Å². The second kappa shape index (κ2) is 8.62. The molecule has 2 N–H and O–H groups in total. The summed E-state index contributed by atoms with van der Waals surface area (Å²) in [5, 5.41) is 11.2. The monoisotopic (exact) mass is 412 g/mol. The molecule has 134 valence electrons. The van der Waals surface area contributed by atoms with Crippen LogP contribution in [-0.4, -0.2) is 26.1 Å². The lowest BCUT2D eigenvalue weighted by Crippen LogP contribution is -2.10. The van der Waals surface area contributed by atoms with Crippen molar-refractivity contribution >= 4 is 33.2 Å². The normalized spacial score (nSPS) is 12.0. The van der Waals surface area contributed by atoms with E-state index in [9.17, 15) is 0 Å². The van der Waals surface area contributed by atoms with Crippen LogP contribution in [0.25, 0.3) is 5.65 Å². The first-order valence-corrected chi connectivity index (χ1v) is 9.16. The number of anilines is 2. The van der Waals surface area contributed by atoms with Gasteiger partial charge in [0.2, 0.25) is 0 Å². The first-order valence-electron chi connectivity index (χ1n) is 8.36. The van der Waals surface area contributed by atoms with Gasteiger partial charge in [0.25, 0.3) is 0 Å². The summed E-state index contributed by atoms with van der Waals surface area (Å²) in [5.74, 6) is 1.66. The number of allylic oxidation sites excluding steroid dienone is 3. The summed E-state index contributed by atoms with van der Waals surface area (Å²) in [6.45, 7) is 5.47. The predicted molar refractivity (Wildman–Crippen MR) is 109 cm³/mol. The smallest absolute Gasteiger partial charge is 0.173 e. The van der Waals surface area contributed by atoms with Crippen molar-refractivity contribution in [3.05, 3.63) is 70.6 Å². The number of hydrogen-bond donors (Lipinski definition) is 2. The van der Waals surface area contributed by atoms with Crippen molar-refractivity contribution in [2.24, 2.45) is 0 Å². The maximum Gasteiger partial charge on any atom is 0.173 e. The highest BCUT2D eigenvalue weighted by molar-refractivity contribution is 9.10. The Balaban J connectivity index is 1.82. The molecule has 0 fully saturated rings. The highest BCUT2D eigenvalue weighted by Gasteiger charge is 2.10. The van der Waals surface area contributed by atoms with Crippen LogP contribution < -0.4 is 10.6 Å². The molecule has 0 aromatic carbocycles. The van der Waals surface area contributed by atoms with Gasteiger partial charge >= 0.3 is 0 Å². The molecular weight excluding hydrogens is 392 g/mol. The van der Waals surface area contributed by atoms with Crippen molar-refractivity contribution in [3.63, 3.8) is 0 Å². The van der Waals surface area contributed by atoms with Crippen LogP contribution in [0.4, 0.5) is 11.6 Å². The second-order valence-corrected chi connectivity index (χ2v) is 6.72. The minimum Gasteiger partial charge on any atom is -0.366 e. The van der Waals surface area contributed by atoms with E-state index >= 15 is 0 Å². The highest BCUT2D eigenvalue weighted by Crippen LogP contribution is 2.23. The topological polar surface area (TPSA) is 67.1 Å². The van der Waals surface area contributed by atoms with Crippen molar-refractivity contribution in [2.75, 3.05) is 17.2 Å². The Hall–Kier alpha value is -2.67. The third kappa shape index (κ3) is 4.49. The quantitative estimate of drug-likeness (QED) is 0.561. The van der Waals surface area contributed by atoms with E-state index in [4.69, 9.17) is 0 Å². The Bertz CT molecular complexity index is 930. The highest BCUT2D eigenvalue weighted by atomic mass is 79.9. The van der Waals surface area contributed by atoms with Crippen molar-refractivity contribution in [3.8, 4) is 0 Å². The SMILES string of the molecule is C/C=C\C=C(/C)CNc1cc(NCc2cccnc2)n2ncc(Br)c2n1. The summed E-state index contributed by atoms with van der Waals surface area (Å²) in [4.78, 5) is 8.80. The molecule has 3 rings (SSSR count). The Morgan fingerprint density at radius 1 is 1.31 bits per heavy atom. The lowest BCUT2D eigenvalue weighted by atomic mass is 10.2. The van der Waals surface area contributed by atoms with E-state index in [2.05, 4.69) is 54.6 Å². The summed E-state index contributed by atoms with van der Waals surface area (Å²) in [6.07, 6.45) is 11.5. The van der Waals surface area contributed by atoms with Crippen LogP contribution in [0.1, 0.15) is 19.4 Å². The Morgan fingerprint density at radius 3 is 2.96 bits per heavy atom. The van der Waals surface area contributed by atoms with Gasteiger partial charge in [-0.1, -0.05) is 29.9 Å². The Morgan fingerprint density at radius 2 is 2.19 bits per heavy atom. The number of nitrogens with zero attached hydrogens (tertiary/aromatic N) is 4. The van der Waals surface area contributed by atoms with E-state index in [1.807, 2.05) is 43.5 Å². The minimum atomic E-state index is 0.657. The summed E-state index contributed by atoms with van der Waals surface area (Å²) in [7, 11) is 0. The first-order chi connectivity index (χ1) is 12.7. The van der Waals surface area contributed by atoms with Gasteiger partial charge in [0.1, 0.15) is 11.6 Å². The molecule has 0 aliphatic heterocycles. The van der Waals surface area contributed by atoms with Gasteiger partial charge in [-0.3, -0.25) is 4.98 Å². The van der Waals surface area contributed by atoms with Gasteiger partial charge in [-0.2, -0.15) is 9.61 Å². The fourth-order valence-corrected chi connectivity index (χ4v) is 2.75. The maximum absolute atomic E-state index is 4.65. The fraction of sp³-hybridized carbons (Fsp3) is 0.211. The molecule has 0 saturated heterocycles. The van der Waals surface area contributed by atoms with Gasteiger partial charge in [-0.25, -0.2) is 4.98 Å². The molecule has 0 aliphatic rings. The van der Waals surface area contributed by atoms with Crippen LogP contribution in [0, 0.1) is 0 Å². The maximum atomic E-state index is 4.65. The van der Waals surface area contributed by atoms with Crippen molar-refractivity contribution in [1.82, 2.24) is 19.6 Å². The van der Waals surface area contributed by atoms with E-state index in [-0.39, 0.29) is 0 Å². The van der Waals surface area contributed by atoms with Crippen LogP contribution >= 0.6 is 15.9 Å². The molecule has 7 heteroatoms. The number of halogens is 1. The molecule has 26 heavy (non-hydrogen) atoms. The van der Waals surface area contributed by atoms with Gasteiger partial charge in [-0.15, -0.1) is 0 Å². The molecular formula is C19H21BrN6. The molecule has 3 heterocycles. The van der Waals surface area contributed by atoms with E-state index < -0.39 is 0 Å². The molecule has 0 spiro atoms. The molecule has 0 aliphatic carbocycles. The lowest BCUT2D eigenvalue weighted by molar-refractivity contribution is 0.923. The van der Waals surface area contributed by atoms with Gasteiger partial charge in [-0.05, 0) is 41.4 Å². The Labute approximate surface area is 161 Å². The summed E-state index contributed by atoms with van der Waals surface area (Å²) in [6, 6.07) is 5.92. The molecule has 0 atom stereocenters. The number of pyridine rings is 1. The minimum absolute atomic E-state index is 0.657. The molecule has 6 nitrogen and oxygen atoms in total. The number of hydrogen-bond acceptors (Lipinski definition) is 5. The third-order valence-corrected chi connectivity index (χ3v) is 4.31. The largest absolute Gasteiger partial charge is 0.366 e. The summed E-state index contributed by atoms with van der Waals surface area (Å²) in [5.41, 5.74) is 3.09. The van der Waals surface area contributed by atoms with Crippen molar-refractivity contribution in [1.29, 1.82) is 0 Å². The number of aromatic nitrogens is 4. The number of nitrogens with one attached hydrogen (secondary N) is 2. The standard InChI is InChI=1S/C19H21BrN6/c1-3-4-6-14(2)10-22-17-9-18(23-12-15-7-5-8-21-11-15)26-19(25-17)16(20)13-24-26/h3-9,11,13,23H,10,12H2,1-2H3,(H,22,25)/b4-3-,14-6+.